The third-order valence-electron chi connectivity index (χ3n) is 5.77. The molecule has 182 valence electrons. The van der Waals surface area contributed by atoms with Gasteiger partial charge in [-0.05, 0) is 48.2 Å². The van der Waals surface area contributed by atoms with Gasteiger partial charge in [0.2, 0.25) is 0 Å². The molecule has 3 aromatic rings. The van der Waals surface area contributed by atoms with E-state index in [0.29, 0.717) is 35.0 Å². The number of likely N-dealkylation sites (tertiary alicyclic amines) is 1. The number of hydrogen-bond acceptors (Lipinski definition) is 7. The SMILES string of the molecule is CCCOc1ccc(/C(O)=C2\C(=O)C(=O)N(Cc3cccs3)C2c2cccc(OC)c2OC)cc1. The van der Waals surface area contributed by atoms with E-state index >= 15 is 0 Å². The van der Waals surface area contributed by atoms with Crippen molar-refractivity contribution in [3.8, 4) is 17.2 Å². The van der Waals surface area contributed by atoms with Gasteiger partial charge in [-0.2, -0.15) is 0 Å². The minimum absolute atomic E-state index is 0.000311. The monoisotopic (exact) mass is 493 g/mol. The summed E-state index contributed by atoms with van der Waals surface area (Å²) in [5.41, 5.74) is 0.960. The van der Waals surface area contributed by atoms with E-state index in [4.69, 9.17) is 14.2 Å². The molecule has 1 unspecified atom stereocenters. The highest BCUT2D eigenvalue weighted by atomic mass is 32.1. The molecular formula is C27H27NO6S. The van der Waals surface area contributed by atoms with E-state index in [2.05, 4.69) is 0 Å². The van der Waals surface area contributed by atoms with Gasteiger partial charge in [-0.3, -0.25) is 9.59 Å². The molecule has 8 heteroatoms. The summed E-state index contributed by atoms with van der Waals surface area (Å²) in [6.45, 7) is 2.81. The summed E-state index contributed by atoms with van der Waals surface area (Å²) >= 11 is 1.49. The molecule has 2 heterocycles. The number of methoxy groups -OCH3 is 2. The molecule has 1 fully saturated rings. The van der Waals surface area contributed by atoms with Crippen LogP contribution in [0.1, 0.15) is 35.4 Å². The quantitative estimate of drug-likeness (QED) is 0.251. The van der Waals surface area contributed by atoms with Crippen molar-refractivity contribution in [2.75, 3.05) is 20.8 Å². The average Bonchev–Trinajstić information content (AvgIpc) is 3.49. The van der Waals surface area contributed by atoms with Gasteiger partial charge in [0.25, 0.3) is 11.7 Å². The molecule has 1 aromatic heterocycles. The number of rotatable bonds is 9. The van der Waals surface area contributed by atoms with Gasteiger partial charge >= 0.3 is 0 Å². The molecule has 1 aliphatic rings. The summed E-state index contributed by atoms with van der Waals surface area (Å²) in [6, 6.07) is 15.0. The van der Waals surface area contributed by atoms with Crippen LogP contribution in [0.15, 0.2) is 65.6 Å². The number of amides is 1. The topological polar surface area (TPSA) is 85.3 Å². The Morgan fingerprint density at radius 3 is 2.43 bits per heavy atom. The fraction of sp³-hybridized carbons (Fsp3) is 0.259. The number of aliphatic hydroxyl groups is 1. The van der Waals surface area contributed by atoms with Crippen molar-refractivity contribution in [1.82, 2.24) is 4.90 Å². The Balaban J connectivity index is 1.86. The standard InChI is InChI=1S/C27H27NO6S/c1-4-14-34-18-12-10-17(11-13-18)24(29)22-23(20-8-5-9-21(32-2)26(20)33-3)28(27(31)25(22)30)16-19-7-6-15-35-19/h5-13,15,23,29H,4,14,16H2,1-3H3/b24-22+. The van der Waals surface area contributed by atoms with E-state index in [-0.39, 0.29) is 17.9 Å². The van der Waals surface area contributed by atoms with Crippen molar-refractivity contribution in [3.05, 3.63) is 81.6 Å². The smallest absolute Gasteiger partial charge is 0.295 e. The predicted molar refractivity (Wildman–Crippen MR) is 134 cm³/mol. The van der Waals surface area contributed by atoms with Crippen molar-refractivity contribution in [2.24, 2.45) is 0 Å². The minimum atomic E-state index is -0.863. The van der Waals surface area contributed by atoms with Gasteiger partial charge in [0.1, 0.15) is 11.5 Å². The first-order chi connectivity index (χ1) is 17.0. The molecular weight excluding hydrogens is 466 g/mol. The number of thiophene rings is 1. The highest BCUT2D eigenvalue weighted by Crippen LogP contribution is 2.46. The molecule has 7 nitrogen and oxygen atoms in total. The molecule has 1 N–H and O–H groups in total. The summed E-state index contributed by atoms with van der Waals surface area (Å²) in [7, 11) is 3.02. The van der Waals surface area contributed by atoms with Crippen LogP contribution in [0.2, 0.25) is 0 Å². The van der Waals surface area contributed by atoms with Crippen LogP contribution < -0.4 is 14.2 Å². The number of nitrogens with zero attached hydrogens (tertiary/aromatic N) is 1. The maximum atomic E-state index is 13.3. The summed E-state index contributed by atoms with van der Waals surface area (Å²) in [4.78, 5) is 28.9. The molecule has 35 heavy (non-hydrogen) atoms. The van der Waals surface area contributed by atoms with Crippen LogP contribution in [-0.4, -0.2) is 42.5 Å². The van der Waals surface area contributed by atoms with Crippen molar-refractivity contribution < 1.29 is 28.9 Å². The second kappa shape index (κ2) is 10.7. The number of ketones is 1. The minimum Gasteiger partial charge on any atom is -0.507 e. The number of Topliss-reactive ketones (excluding diaryl/α,β-unsaturated/α-hetero) is 1. The van der Waals surface area contributed by atoms with Gasteiger partial charge in [-0.1, -0.05) is 25.1 Å². The Kier molecular flexibility index (Phi) is 7.41. The molecule has 4 rings (SSSR count). The lowest BCUT2D eigenvalue weighted by atomic mass is 9.94. The molecule has 1 aliphatic heterocycles. The summed E-state index contributed by atoms with van der Waals surface area (Å²) < 4.78 is 16.7. The summed E-state index contributed by atoms with van der Waals surface area (Å²) in [6.07, 6.45) is 0.873. The number of para-hydroxylation sites is 1. The maximum Gasteiger partial charge on any atom is 0.295 e. The molecule has 0 spiro atoms. The fourth-order valence-electron chi connectivity index (χ4n) is 4.15. The Labute approximate surface area is 208 Å². The Hall–Kier alpha value is -3.78. The van der Waals surface area contributed by atoms with Gasteiger partial charge in [0.05, 0.1) is 39.0 Å². The van der Waals surface area contributed by atoms with Crippen molar-refractivity contribution in [3.63, 3.8) is 0 Å². The fourth-order valence-corrected chi connectivity index (χ4v) is 4.85. The van der Waals surface area contributed by atoms with E-state index in [0.717, 1.165) is 11.3 Å². The van der Waals surface area contributed by atoms with Gasteiger partial charge in [-0.25, -0.2) is 0 Å². The van der Waals surface area contributed by atoms with Crippen LogP contribution in [0.3, 0.4) is 0 Å². The summed E-state index contributed by atoms with van der Waals surface area (Å²) in [5.74, 6) is -0.170. The maximum absolute atomic E-state index is 13.3. The number of benzene rings is 2. The zero-order valence-electron chi connectivity index (χ0n) is 19.8. The third-order valence-corrected chi connectivity index (χ3v) is 6.64. The largest absolute Gasteiger partial charge is 0.507 e. The Morgan fingerprint density at radius 1 is 1.03 bits per heavy atom. The highest BCUT2D eigenvalue weighted by molar-refractivity contribution is 7.09. The molecule has 0 aliphatic carbocycles. The van der Waals surface area contributed by atoms with Crippen molar-refractivity contribution >= 4 is 28.8 Å². The highest BCUT2D eigenvalue weighted by Gasteiger charge is 2.47. The lowest BCUT2D eigenvalue weighted by Gasteiger charge is -2.26. The molecule has 1 saturated heterocycles. The third kappa shape index (κ3) is 4.74. The predicted octanol–water partition coefficient (Wildman–Crippen LogP) is 5.18. The van der Waals surface area contributed by atoms with Crippen LogP contribution in [0.5, 0.6) is 17.2 Å². The van der Waals surface area contributed by atoms with Gasteiger partial charge in [0, 0.05) is 16.0 Å². The first kappa shape index (κ1) is 24.3. The first-order valence-corrected chi connectivity index (χ1v) is 12.1. The van der Waals surface area contributed by atoms with E-state index in [1.54, 1.807) is 42.5 Å². The summed E-state index contributed by atoms with van der Waals surface area (Å²) in [5, 5.41) is 13.2. The second-order valence-corrected chi connectivity index (χ2v) is 8.99. The van der Waals surface area contributed by atoms with Crippen molar-refractivity contribution in [1.29, 1.82) is 0 Å². The van der Waals surface area contributed by atoms with Crippen molar-refractivity contribution in [2.45, 2.75) is 25.9 Å². The molecule has 0 radical (unpaired) electrons. The molecule has 1 atom stereocenters. The Morgan fingerprint density at radius 2 is 1.80 bits per heavy atom. The molecule has 0 saturated carbocycles. The average molecular weight is 494 g/mol. The number of hydrogen-bond donors (Lipinski definition) is 1. The van der Waals surface area contributed by atoms with Crippen LogP contribution in [0.4, 0.5) is 0 Å². The molecule has 1 amide bonds. The number of carbonyl (C=O) groups excluding carboxylic acids is 2. The lowest BCUT2D eigenvalue weighted by molar-refractivity contribution is -0.140. The molecule has 2 aromatic carbocycles. The van der Waals surface area contributed by atoms with E-state index in [1.165, 1.54) is 30.5 Å². The first-order valence-electron chi connectivity index (χ1n) is 11.2. The normalized spacial score (nSPS) is 17.0. The number of carbonyl (C=O) groups is 2. The van der Waals surface area contributed by atoms with Crippen LogP contribution in [-0.2, 0) is 16.1 Å². The Bertz CT molecular complexity index is 1230. The second-order valence-electron chi connectivity index (χ2n) is 7.96. The number of aliphatic hydroxyl groups excluding tert-OH is 1. The molecule has 0 bridgehead atoms. The zero-order valence-corrected chi connectivity index (χ0v) is 20.6. The van der Waals surface area contributed by atoms with Crippen LogP contribution >= 0.6 is 11.3 Å². The van der Waals surface area contributed by atoms with E-state index in [1.807, 2.05) is 24.4 Å². The van der Waals surface area contributed by atoms with E-state index < -0.39 is 17.7 Å². The van der Waals surface area contributed by atoms with Crippen LogP contribution in [0, 0.1) is 0 Å². The number of ether oxygens (including phenoxy) is 3. The van der Waals surface area contributed by atoms with Gasteiger partial charge < -0.3 is 24.2 Å². The zero-order chi connectivity index (χ0) is 24.9. The van der Waals surface area contributed by atoms with E-state index in [9.17, 15) is 14.7 Å². The van der Waals surface area contributed by atoms with Crippen LogP contribution in [0.25, 0.3) is 5.76 Å². The van der Waals surface area contributed by atoms with Gasteiger partial charge in [-0.15, -0.1) is 11.3 Å². The van der Waals surface area contributed by atoms with Gasteiger partial charge in [0.15, 0.2) is 11.5 Å². The lowest BCUT2D eigenvalue weighted by Crippen LogP contribution is -2.29.